The van der Waals surface area contributed by atoms with E-state index < -0.39 is 0 Å². The predicted octanol–water partition coefficient (Wildman–Crippen LogP) is 1.99. The molecule has 0 unspecified atom stereocenters. The monoisotopic (exact) mass is 225 g/mol. The van der Waals surface area contributed by atoms with Crippen molar-refractivity contribution in [1.29, 1.82) is 0 Å². The van der Waals surface area contributed by atoms with E-state index in [2.05, 4.69) is 28.8 Å². The number of likely N-dealkylation sites (N-methyl/N-ethyl adjacent to an activating group) is 1. The number of aliphatic hydroxyl groups excluding tert-OH is 1. The Bertz CT molecular complexity index is 280. The second-order valence-corrected chi connectivity index (χ2v) is 5.42. The molecule has 0 amide bonds. The molecule has 1 heterocycles. The molecule has 0 radical (unpaired) electrons. The van der Waals surface area contributed by atoms with Gasteiger partial charge < -0.3 is 10.0 Å². The Kier molecular flexibility index (Phi) is 3.78. The first-order chi connectivity index (χ1) is 7.24. The minimum atomic E-state index is -0.0136. The molecule has 0 aromatic carbocycles. The Morgan fingerprint density at radius 2 is 2.33 bits per heavy atom. The standard InChI is InChI=1S/C12H19NOS/c1-13(8-11-6-12(14)7-11)4-2-10-3-5-15-9-10/h3,5,9,11-12,14H,2,4,6-8H2,1H3. The van der Waals surface area contributed by atoms with Crippen LogP contribution in [0.4, 0.5) is 0 Å². The van der Waals surface area contributed by atoms with Crippen LogP contribution in [0.3, 0.4) is 0 Å². The number of hydrogen-bond acceptors (Lipinski definition) is 3. The molecule has 0 saturated heterocycles. The zero-order chi connectivity index (χ0) is 10.7. The van der Waals surface area contributed by atoms with E-state index in [4.69, 9.17) is 0 Å². The van der Waals surface area contributed by atoms with Crippen molar-refractivity contribution in [2.75, 3.05) is 20.1 Å². The van der Waals surface area contributed by atoms with Crippen molar-refractivity contribution in [1.82, 2.24) is 4.90 Å². The van der Waals surface area contributed by atoms with Gasteiger partial charge in [-0.2, -0.15) is 11.3 Å². The fraction of sp³-hybridized carbons (Fsp3) is 0.667. The lowest BCUT2D eigenvalue weighted by molar-refractivity contribution is 0.0285. The molecule has 0 bridgehead atoms. The van der Waals surface area contributed by atoms with Crippen LogP contribution in [0.25, 0.3) is 0 Å². The number of rotatable bonds is 5. The van der Waals surface area contributed by atoms with Gasteiger partial charge in [0.2, 0.25) is 0 Å². The van der Waals surface area contributed by atoms with Crippen molar-refractivity contribution < 1.29 is 5.11 Å². The fourth-order valence-corrected chi connectivity index (χ4v) is 2.84. The fourth-order valence-electron chi connectivity index (χ4n) is 2.14. The van der Waals surface area contributed by atoms with E-state index in [0.717, 1.165) is 38.3 Å². The third-order valence-corrected chi connectivity index (χ3v) is 3.88. The molecule has 15 heavy (non-hydrogen) atoms. The average Bonchev–Trinajstić information content (AvgIpc) is 2.65. The molecule has 84 valence electrons. The number of thiophene rings is 1. The van der Waals surface area contributed by atoms with E-state index in [-0.39, 0.29) is 6.10 Å². The van der Waals surface area contributed by atoms with Gasteiger partial charge in [-0.25, -0.2) is 0 Å². The Morgan fingerprint density at radius 3 is 2.93 bits per heavy atom. The second-order valence-electron chi connectivity index (χ2n) is 4.64. The molecule has 1 aromatic heterocycles. The largest absolute Gasteiger partial charge is 0.393 e. The normalized spacial score (nSPS) is 25.5. The third kappa shape index (κ3) is 3.30. The molecule has 1 saturated carbocycles. The van der Waals surface area contributed by atoms with Crippen molar-refractivity contribution in [2.24, 2.45) is 5.92 Å². The molecule has 0 spiro atoms. The summed E-state index contributed by atoms with van der Waals surface area (Å²) in [5, 5.41) is 13.6. The first-order valence-electron chi connectivity index (χ1n) is 5.61. The van der Waals surface area contributed by atoms with Crippen LogP contribution in [-0.2, 0) is 6.42 Å². The van der Waals surface area contributed by atoms with Crippen molar-refractivity contribution in [3.8, 4) is 0 Å². The van der Waals surface area contributed by atoms with Crippen LogP contribution in [0.15, 0.2) is 16.8 Å². The Morgan fingerprint density at radius 1 is 1.53 bits per heavy atom. The topological polar surface area (TPSA) is 23.5 Å². The lowest BCUT2D eigenvalue weighted by atomic mass is 9.82. The van der Waals surface area contributed by atoms with Crippen LogP contribution >= 0.6 is 11.3 Å². The highest BCUT2D eigenvalue weighted by Crippen LogP contribution is 2.27. The summed E-state index contributed by atoms with van der Waals surface area (Å²) >= 11 is 1.77. The first kappa shape index (κ1) is 11.1. The summed E-state index contributed by atoms with van der Waals surface area (Å²) in [4.78, 5) is 2.38. The molecular formula is C12H19NOS. The van der Waals surface area contributed by atoms with Crippen molar-refractivity contribution in [3.05, 3.63) is 22.4 Å². The minimum absolute atomic E-state index is 0.0136. The van der Waals surface area contributed by atoms with E-state index in [0.29, 0.717) is 0 Å². The summed E-state index contributed by atoms with van der Waals surface area (Å²) in [7, 11) is 2.18. The van der Waals surface area contributed by atoms with Crippen molar-refractivity contribution in [2.45, 2.75) is 25.4 Å². The summed E-state index contributed by atoms with van der Waals surface area (Å²) in [6.07, 6.45) is 3.14. The molecule has 0 aliphatic heterocycles. The zero-order valence-electron chi connectivity index (χ0n) is 9.22. The van der Waals surface area contributed by atoms with Crippen LogP contribution < -0.4 is 0 Å². The molecular weight excluding hydrogens is 206 g/mol. The molecule has 1 aromatic rings. The maximum Gasteiger partial charge on any atom is 0.0546 e. The van der Waals surface area contributed by atoms with E-state index >= 15 is 0 Å². The Balaban J connectivity index is 1.62. The highest BCUT2D eigenvalue weighted by molar-refractivity contribution is 7.07. The smallest absolute Gasteiger partial charge is 0.0546 e. The van der Waals surface area contributed by atoms with Gasteiger partial charge in [0, 0.05) is 13.1 Å². The van der Waals surface area contributed by atoms with Crippen molar-refractivity contribution in [3.63, 3.8) is 0 Å². The van der Waals surface area contributed by atoms with Gasteiger partial charge >= 0.3 is 0 Å². The molecule has 2 rings (SSSR count). The molecule has 1 aliphatic rings. The third-order valence-electron chi connectivity index (χ3n) is 3.14. The van der Waals surface area contributed by atoms with Gasteiger partial charge in [0.05, 0.1) is 6.10 Å². The molecule has 1 aliphatic carbocycles. The highest BCUT2D eigenvalue weighted by Gasteiger charge is 2.27. The van der Waals surface area contributed by atoms with Gasteiger partial charge in [-0.1, -0.05) is 0 Å². The summed E-state index contributed by atoms with van der Waals surface area (Å²) < 4.78 is 0. The van der Waals surface area contributed by atoms with Crippen LogP contribution in [0.1, 0.15) is 18.4 Å². The van der Waals surface area contributed by atoms with E-state index in [1.54, 1.807) is 11.3 Å². The van der Waals surface area contributed by atoms with E-state index in [1.807, 2.05) is 0 Å². The van der Waals surface area contributed by atoms with Gasteiger partial charge in [-0.15, -0.1) is 0 Å². The average molecular weight is 225 g/mol. The molecule has 3 heteroatoms. The van der Waals surface area contributed by atoms with Crippen LogP contribution in [-0.4, -0.2) is 36.2 Å². The lowest BCUT2D eigenvalue weighted by Crippen LogP contribution is -2.37. The number of nitrogens with zero attached hydrogens (tertiary/aromatic N) is 1. The summed E-state index contributed by atoms with van der Waals surface area (Å²) in [6, 6.07) is 2.20. The highest BCUT2D eigenvalue weighted by atomic mass is 32.1. The van der Waals surface area contributed by atoms with Gasteiger partial charge in [-0.05, 0) is 54.6 Å². The number of aliphatic hydroxyl groups is 1. The van der Waals surface area contributed by atoms with Gasteiger partial charge in [0.1, 0.15) is 0 Å². The molecule has 2 nitrogen and oxygen atoms in total. The first-order valence-corrected chi connectivity index (χ1v) is 6.56. The molecule has 0 atom stereocenters. The SMILES string of the molecule is CN(CCc1ccsc1)CC1CC(O)C1. The Hall–Kier alpha value is -0.380. The molecule has 1 fully saturated rings. The minimum Gasteiger partial charge on any atom is -0.393 e. The summed E-state index contributed by atoms with van der Waals surface area (Å²) in [5.41, 5.74) is 1.44. The van der Waals surface area contributed by atoms with Crippen molar-refractivity contribution >= 4 is 11.3 Å². The Labute approximate surface area is 95.5 Å². The predicted molar refractivity (Wildman–Crippen MR) is 64.3 cm³/mol. The summed E-state index contributed by atoms with van der Waals surface area (Å²) in [6.45, 7) is 2.27. The molecule has 1 N–H and O–H groups in total. The number of hydrogen-bond donors (Lipinski definition) is 1. The van der Waals surface area contributed by atoms with E-state index in [1.165, 1.54) is 5.56 Å². The van der Waals surface area contributed by atoms with Gasteiger partial charge in [0.15, 0.2) is 0 Å². The van der Waals surface area contributed by atoms with Gasteiger partial charge in [0.25, 0.3) is 0 Å². The maximum atomic E-state index is 9.19. The lowest BCUT2D eigenvalue weighted by Gasteiger charge is -2.34. The maximum absolute atomic E-state index is 9.19. The van der Waals surface area contributed by atoms with Gasteiger partial charge in [-0.3, -0.25) is 0 Å². The van der Waals surface area contributed by atoms with E-state index in [9.17, 15) is 5.11 Å². The van der Waals surface area contributed by atoms with Crippen LogP contribution in [0, 0.1) is 5.92 Å². The van der Waals surface area contributed by atoms with Crippen LogP contribution in [0.5, 0.6) is 0 Å². The zero-order valence-corrected chi connectivity index (χ0v) is 10.0. The quantitative estimate of drug-likeness (QED) is 0.828. The van der Waals surface area contributed by atoms with Crippen LogP contribution in [0.2, 0.25) is 0 Å². The summed E-state index contributed by atoms with van der Waals surface area (Å²) in [5.74, 6) is 0.729. The second kappa shape index (κ2) is 5.10.